The van der Waals surface area contributed by atoms with Gasteiger partial charge in [0.25, 0.3) is 5.91 Å². The van der Waals surface area contributed by atoms with Crippen LogP contribution in [0.5, 0.6) is 0 Å². The van der Waals surface area contributed by atoms with E-state index in [1.807, 2.05) is 6.07 Å². The number of hydrogen-bond acceptors (Lipinski definition) is 5. The van der Waals surface area contributed by atoms with Crippen molar-refractivity contribution in [3.05, 3.63) is 41.6 Å². The molecule has 0 radical (unpaired) electrons. The van der Waals surface area contributed by atoms with Crippen LogP contribution in [0.15, 0.2) is 36.0 Å². The maximum atomic E-state index is 12.2. The number of rotatable bonds is 6. The number of carbonyl (C=O) groups is 4. The van der Waals surface area contributed by atoms with Crippen LogP contribution in [-0.4, -0.2) is 36.5 Å². The number of urea groups is 1. The molecule has 0 heterocycles. The van der Waals surface area contributed by atoms with E-state index in [9.17, 15) is 19.2 Å². The largest absolute Gasteiger partial charge is 0.451 e. The standard InChI is InChI=1S/C21H27N3O5/c1-14-8-6-7-11-17(14)23-21(28)24-19(26)13-29-20(27)18(22-15(2)25)12-16-9-4-3-5-10-16/h3-5,9-10,12,14,17H,6-8,11,13H2,1-2H3,(H,22,25)(H2,23,24,26,28)/b18-12-. The summed E-state index contributed by atoms with van der Waals surface area (Å²) in [6, 6.07) is 8.29. The molecule has 8 nitrogen and oxygen atoms in total. The highest BCUT2D eigenvalue weighted by molar-refractivity contribution is 6.00. The van der Waals surface area contributed by atoms with E-state index in [2.05, 4.69) is 22.9 Å². The van der Waals surface area contributed by atoms with Crippen molar-refractivity contribution >= 4 is 29.9 Å². The number of hydrogen-bond donors (Lipinski definition) is 3. The molecule has 29 heavy (non-hydrogen) atoms. The Bertz CT molecular complexity index is 776. The molecule has 3 N–H and O–H groups in total. The summed E-state index contributed by atoms with van der Waals surface area (Å²) in [7, 11) is 0. The fourth-order valence-electron chi connectivity index (χ4n) is 3.16. The summed E-state index contributed by atoms with van der Waals surface area (Å²) in [6.07, 6.45) is 5.54. The molecular formula is C21H27N3O5. The summed E-state index contributed by atoms with van der Waals surface area (Å²) >= 11 is 0. The maximum absolute atomic E-state index is 12.2. The van der Waals surface area contributed by atoms with Crippen LogP contribution in [0.2, 0.25) is 0 Å². The Kier molecular flexibility index (Phi) is 8.39. The normalized spacial score (nSPS) is 19.0. The molecule has 2 unspecified atom stereocenters. The lowest BCUT2D eigenvalue weighted by atomic mass is 9.86. The molecule has 0 bridgehead atoms. The predicted octanol–water partition coefficient (Wildman–Crippen LogP) is 2.11. The molecule has 1 aromatic rings. The molecule has 0 aromatic heterocycles. The molecule has 4 amide bonds. The molecule has 1 aromatic carbocycles. The fraction of sp³-hybridized carbons (Fsp3) is 0.429. The zero-order valence-electron chi connectivity index (χ0n) is 16.7. The van der Waals surface area contributed by atoms with E-state index in [-0.39, 0.29) is 11.7 Å². The lowest BCUT2D eigenvalue weighted by Crippen LogP contribution is -2.48. The highest BCUT2D eigenvalue weighted by atomic mass is 16.5. The highest BCUT2D eigenvalue weighted by Gasteiger charge is 2.23. The van der Waals surface area contributed by atoms with Gasteiger partial charge in [0, 0.05) is 13.0 Å². The minimum atomic E-state index is -0.875. The van der Waals surface area contributed by atoms with Crippen molar-refractivity contribution in [2.24, 2.45) is 5.92 Å². The van der Waals surface area contributed by atoms with Gasteiger partial charge in [0.1, 0.15) is 5.70 Å². The van der Waals surface area contributed by atoms with Crippen molar-refractivity contribution in [1.82, 2.24) is 16.0 Å². The Morgan fingerprint density at radius 3 is 2.41 bits per heavy atom. The monoisotopic (exact) mass is 401 g/mol. The van der Waals surface area contributed by atoms with Gasteiger partial charge in [-0.1, -0.05) is 50.1 Å². The van der Waals surface area contributed by atoms with Gasteiger partial charge in [0.2, 0.25) is 5.91 Å². The van der Waals surface area contributed by atoms with Crippen molar-refractivity contribution in [3.8, 4) is 0 Å². The first-order valence-corrected chi connectivity index (χ1v) is 9.67. The first kappa shape index (κ1) is 22.1. The Labute approximate surface area is 170 Å². The van der Waals surface area contributed by atoms with Gasteiger partial charge in [-0.05, 0) is 30.4 Å². The molecule has 0 aliphatic heterocycles. The Balaban J connectivity index is 1.86. The molecule has 2 atom stereocenters. The van der Waals surface area contributed by atoms with E-state index in [1.165, 1.54) is 13.0 Å². The Morgan fingerprint density at radius 1 is 1.07 bits per heavy atom. The zero-order valence-corrected chi connectivity index (χ0v) is 16.7. The molecule has 8 heteroatoms. The van der Waals surface area contributed by atoms with Crippen LogP contribution in [0.3, 0.4) is 0 Å². The maximum Gasteiger partial charge on any atom is 0.355 e. The van der Waals surface area contributed by atoms with Crippen LogP contribution in [-0.2, 0) is 19.1 Å². The lowest BCUT2D eigenvalue weighted by Gasteiger charge is -2.29. The van der Waals surface area contributed by atoms with Gasteiger partial charge < -0.3 is 15.4 Å². The Morgan fingerprint density at radius 2 is 1.76 bits per heavy atom. The van der Waals surface area contributed by atoms with Crippen LogP contribution in [0.4, 0.5) is 4.79 Å². The SMILES string of the molecule is CC(=O)N/C(=C\c1ccccc1)C(=O)OCC(=O)NC(=O)NC1CCCCC1C. The van der Waals surface area contributed by atoms with E-state index >= 15 is 0 Å². The van der Waals surface area contributed by atoms with E-state index in [0.29, 0.717) is 11.5 Å². The van der Waals surface area contributed by atoms with E-state index in [0.717, 1.165) is 25.7 Å². The van der Waals surface area contributed by atoms with Crippen LogP contribution in [0.1, 0.15) is 45.1 Å². The summed E-state index contributed by atoms with van der Waals surface area (Å²) in [6.45, 7) is 2.68. The highest BCUT2D eigenvalue weighted by Crippen LogP contribution is 2.23. The molecule has 1 fully saturated rings. The molecule has 156 valence electrons. The van der Waals surface area contributed by atoms with E-state index in [4.69, 9.17) is 4.74 Å². The minimum absolute atomic E-state index is 0.0271. The van der Waals surface area contributed by atoms with Gasteiger partial charge in [-0.15, -0.1) is 0 Å². The van der Waals surface area contributed by atoms with Crippen molar-refractivity contribution in [3.63, 3.8) is 0 Å². The number of ether oxygens (including phenoxy) is 1. The average Bonchev–Trinajstić information content (AvgIpc) is 2.68. The minimum Gasteiger partial charge on any atom is -0.451 e. The van der Waals surface area contributed by atoms with Crippen molar-refractivity contribution in [1.29, 1.82) is 0 Å². The smallest absolute Gasteiger partial charge is 0.355 e. The lowest BCUT2D eigenvalue weighted by molar-refractivity contribution is -0.145. The number of amides is 4. The van der Waals surface area contributed by atoms with Gasteiger partial charge in [0.05, 0.1) is 0 Å². The number of benzene rings is 1. The second kappa shape index (κ2) is 11.0. The summed E-state index contributed by atoms with van der Waals surface area (Å²) in [5.74, 6) is -1.72. The number of esters is 1. The Hall–Kier alpha value is -3.16. The van der Waals surface area contributed by atoms with Gasteiger partial charge in [-0.2, -0.15) is 0 Å². The predicted molar refractivity (Wildman–Crippen MR) is 107 cm³/mol. The van der Waals surface area contributed by atoms with Crippen LogP contribution in [0.25, 0.3) is 6.08 Å². The number of nitrogens with one attached hydrogen (secondary N) is 3. The molecular weight excluding hydrogens is 374 g/mol. The first-order chi connectivity index (χ1) is 13.8. The van der Waals surface area contributed by atoms with Crippen LogP contribution >= 0.6 is 0 Å². The van der Waals surface area contributed by atoms with Gasteiger partial charge in [-0.25, -0.2) is 9.59 Å². The average molecular weight is 401 g/mol. The van der Waals surface area contributed by atoms with Gasteiger partial charge >= 0.3 is 12.0 Å². The quantitative estimate of drug-likeness (QED) is 0.499. The third kappa shape index (κ3) is 7.77. The molecule has 1 aliphatic rings. The molecule has 2 rings (SSSR count). The summed E-state index contributed by atoms with van der Waals surface area (Å²) < 4.78 is 4.94. The van der Waals surface area contributed by atoms with Crippen molar-refractivity contribution < 1.29 is 23.9 Å². The number of carbonyl (C=O) groups excluding carboxylic acids is 4. The van der Waals surface area contributed by atoms with Gasteiger partial charge in [0.15, 0.2) is 6.61 Å². The molecule has 1 saturated carbocycles. The second-order valence-corrected chi connectivity index (χ2v) is 7.12. The van der Waals surface area contributed by atoms with Crippen molar-refractivity contribution in [2.75, 3.05) is 6.61 Å². The molecule has 0 spiro atoms. The molecule has 0 saturated heterocycles. The van der Waals surface area contributed by atoms with E-state index < -0.39 is 30.4 Å². The third-order valence-corrected chi connectivity index (χ3v) is 4.66. The summed E-state index contributed by atoms with van der Waals surface area (Å²) in [5, 5.41) is 7.34. The van der Waals surface area contributed by atoms with Crippen LogP contribution < -0.4 is 16.0 Å². The zero-order chi connectivity index (χ0) is 21.2. The topological polar surface area (TPSA) is 114 Å². The third-order valence-electron chi connectivity index (χ3n) is 4.66. The van der Waals surface area contributed by atoms with E-state index in [1.54, 1.807) is 24.3 Å². The second-order valence-electron chi connectivity index (χ2n) is 7.12. The summed E-state index contributed by atoms with van der Waals surface area (Å²) in [4.78, 5) is 47.5. The fourth-order valence-corrected chi connectivity index (χ4v) is 3.16. The van der Waals surface area contributed by atoms with Crippen molar-refractivity contribution in [2.45, 2.75) is 45.6 Å². The number of imide groups is 1. The van der Waals surface area contributed by atoms with Gasteiger partial charge in [-0.3, -0.25) is 14.9 Å². The molecule has 1 aliphatic carbocycles. The van der Waals surface area contributed by atoms with Crippen LogP contribution in [0, 0.1) is 5.92 Å². The first-order valence-electron chi connectivity index (χ1n) is 9.67. The summed E-state index contributed by atoms with van der Waals surface area (Å²) in [5.41, 5.74) is 0.579.